The number of rotatable bonds is 6. The Bertz CT molecular complexity index is 2470. The third-order valence-electron chi connectivity index (χ3n) is 10.5. The highest BCUT2D eigenvalue weighted by atomic mass is 15.1. The van der Waals surface area contributed by atoms with Crippen LogP contribution in [-0.2, 0) is 5.41 Å². The molecule has 0 heterocycles. The average Bonchev–Trinajstić information content (AvgIpc) is 3.39. The molecule has 0 atom stereocenters. The highest BCUT2D eigenvalue weighted by molar-refractivity contribution is 6.11. The largest absolute Gasteiger partial charge is 0.310 e. The summed E-state index contributed by atoms with van der Waals surface area (Å²) in [6.07, 6.45) is 0. The fourth-order valence-electron chi connectivity index (χ4n) is 7.98. The number of aryl methyl sites for hydroxylation is 1. The minimum absolute atomic E-state index is 0.240. The van der Waals surface area contributed by atoms with Crippen molar-refractivity contribution in [3.8, 4) is 11.1 Å². The minimum atomic E-state index is -0.240. The molecule has 8 aromatic rings. The molecule has 0 aliphatic heterocycles. The molecule has 0 radical (unpaired) electrons. The van der Waals surface area contributed by atoms with E-state index in [-0.39, 0.29) is 5.41 Å². The summed E-state index contributed by atoms with van der Waals surface area (Å²) in [6.45, 7) is 6.94. The maximum Gasteiger partial charge on any atom is 0.0543 e. The zero-order chi connectivity index (χ0) is 33.8. The summed E-state index contributed by atoms with van der Waals surface area (Å²) in [4.78, 5) is 4.84. The summed E-state index contributed by atoms with van der Waals surface area (Å²) in [5.74, 6) is 0. The van der Waals surface area contributed by atoms with Gasteiger partial charge in [0.2, 0.25) is 0 Å². The molecule has 0 spiro atoms. The van der Waals surface area contributed by atoms with Gasteiger partial charge in [0.15, 0.2) is 0 Å². The van der Waals surface area contributed by atoms with Crippen LogP contribution in [-0.4, -0.2) is 0 Å². The van der Waals surface area contributed by atoms with Crippen LogP contribution in [0.1, 0.15) is 30.5 Å². The van der Waals surface area contributed by atoms with E-state index >= 15 is 0 Å². The molecule has 8 aromatic carbocycles. The fraction of sp³-hybridized carbons (Fsp3) is 0.0833. The van der Waals surface area contributed by atoms with Crippen LogP contribution >= 0.6 is 0 Å². The van der Waals surface area contributed by atoms with Crippen LogP contribution in [0.4, 0.5) is 34.1 Å². The monoisotopic (exact) mass is 642 g/mol. The SMILES string of the molecule is Cc1ccc(N(c2cccc3ccccc23)c2cc3c(c4ccccc24)-c2ccc(N(c4ccccc4)c4ccccc4)cc2C3(C)C)cc1. The van der Waals surface area contributed by atoms with Gasteiger partial charge >= 0.3 is 0 Å². The van der Waals surface area contributed by atoms with Crippen molar-refractivity contribution in [2.75, 3.05) is 9.80 Å². The smallest absolute Gasteiger partial charge is 0.0543 e. The molecule has 0 aromatic heterocycles. The van der Waals surface area contributed by atoms with E-state index in [0.717, 1.165) is 22.7 Å². The van der Waals surface area contributed by atoms with E-state index < -0.39 is 0 Å². The molecule has 0 amide bonds. The predicted molar refractivity (Wildman–Crippen MR) is 213 cm³/mol. The van der Waals surface area contributed by atoms with Crippen LogP contribution in [0.3, 0.4) is 0 Å². The van der Waals surface area contributed by atoms with Crippen molar-refractivity contribution >= 4 is 55.7 Å². The Hall–Kier alpha value is -6.12. The second-order valence-corrected chi connectivity index (χ2v) is 13.9. The lowest BCUT2D eigenvalue weighted by Crippen LogP contribution is -2.18. The standard InChI is InChI=1S/C48H38N2/c1-33-25-27-37(28-26-33)50(45-24-14-16-34-15-10-11-21-39(34)45)46-32-44-47(41-23-13-12-22-40(41)46)42-30-29-38(31-43(42)48(44,2)3)49(35-17-6-4-7-18-35)36-19-8-5-9-20-36/h4-32H,1-3H3. The third kappa shape index (κ3) is 4.79. The number of anilines is 6. The van der Waals surface area contributed by atoms with Crippen molar-refractivity contribution in [3.63, 3.8) is 0 Å². The second-order valence-electron chi connectivity index (χ2n) is 13.9. The quantitative estimate of drug-likeness (QED) is 0.178. The van der Waals surface area contributed by atoms with Gasteiger partial charge in [-0.15, -0.1) is 0 Å². The van der Waals surface area contributed by atoms with Gasteiger partial charge in [-0.05, 0) is 101 Å². The van der Waals surface area contributed by atoms with Gasteiger partial charge in [-0.25, -0.2) is 0 Å². The molecule has 50 heavy (non-hydrogen) atoms. The Balaban J connectivity index is 1.28. The maximum absolute atomic E-state index is 2.48. The maximum atomic E-state index is 2.48. The number of nitrogens with zero attached hydrogens (tertiary/aromatic N) is 2. The van der Waals surface area contributed by atoms with Gasteiger partial charge in [0, 0.05) is 38.9 Å². The van der Waals surface area contributed by atoms with Gasteiger partial charge in [-0.2, -0.15) is 0 Å². The van der Waals surface area contributed by atoms with E-state index in [1.807, 2.05) is 0 Å². The van der Waals surface area contributed by atoms with E-state index in [4.69, 9.17) is 0 Å². The Morgan fingerprint density at radius 3 is 1.66 bits per heavy atom. The van der Waals surface area contributed by atoms with Crippen molar-refractivity contribution in [3.05, 3.63) is 193 Å². The Morgan fingerprint density at radius 1 is 0.400 bits per heavy atom. The molecule has 9 rings (SSSR count). The van der Waals surface area contributed by atoms with Gasteiger partial charge in [-0.3, -0.25) is 0 Å². The van der Waals surface area contributed by atoms with Crippen molar-refractivity contribution < 1.29 is 0 Å². The summed E-state index contributed by atoms with van der Waals surface area (Å²) in [5.41, 5.74) is 13.3. The van der Waals surface area contributed by atoms with Crippen LogP contribution in [0.5, 0.6) is 0 Å². The van der Waals surface area contributed by atoms with Crippen molar-refractivity contribution in [1.82, 2.24) is 0 Å². The minimum Gasteiger partial charge on any atom is -0.310 e. The van der Waals surface area contributed by atoms with Gasteiger partial charge in [0.25, 0.3) is 0 Å². The molecule has 1 aliphatic rings. The third-order valence-corrected chi connectivity index (χ3v) is 10.5. The van der Waals surface area contributed by atoms with Crippen LogP contribution < -0.4 is 9.80 Å². The van der Waals surface area contributed by atoms with Crippen molar-refractivity contribution in [2.24, 2.45) is 0 Å². The Labute approximate surface area is 294 Å². The van der Waals surface area contributed by atoms with E-state index in [9.17, 15) is 0 Å². The normalized spacial score (nSPS) is 12.9. The number of fused-ring (bicyclic) bond motifs is 6. The first-order chi connectivity index (χ1) is 24.5. The summed E-state index contributed by atoms with van der Waals surface area (Å²) in [7, 11) is 0. The molecule has 240 valence electrons. The topological polar surface area (TPSA) is 6.48 Å². The van der Waals surface area contributed by atoms with Gasteiger partial charge in [-0.1, -0.05) is 135 Å². The molecule has 2 heteroatoms. The van der Waals surface area contributed by atoms with Crippen LogP contribution in [0.25, 0.3) is 32.7 Å². The van der Waals surface area contributed by atoms with Gasteiger partial charge in [0.1, 0.15) is 0 Å². The molecule has 0 saturated heterocycles. The first kappa shape index (κ1) is 30.0. The molecule has 0 N–H and O–H groups in total. The van der Waals surface area contributed by atoms with Crippen molar-refractivity contribution in [1.29, 1.82) is 0 Å². The lowest BCUT2D eigenvalue weighted by molar-refractivity contribution is 0.661. The van der Waals surface area contributed by atoms with Crippen LogP contribution in [0.2, 0.25) is 0 Å². The highest BCUT2D eigenvalue weighted by Gasteiger charge is 2.38. The number of para-hydroxylation sites is 2. The molecule has 0 fully saturated rings. The number of hydrogen-bond acceptors (Lipinski definition) is 2. The van der Waals surface area contributed by atoms with Gasteiger partial charge < -0.3 is 9.80 Å². The summed E-state index contributed by atoms with van der Waals surface area (Å²) in [6, 6.07) is 64.2. The number of hydrogen-bond donors (Lipinski definition) is 0. The first-order valence-corrected chi connectivity index (χ1v) is 17.4. The summed E-state index contributed by atoms with van der Waals surface area (Å²) in [5, 5.41) is 4.98. The summed E-state index contributed by atoms with van der Waals surface area (Å²) < 4.78 is 0. The zero-order valence-electron chi connectivity index (χ0n) is 28.6. The molecule has 0 saturated carbocycles. The summed E-state index contributed by atoms with van der Waals surface area (Å²) >= 11 is 0. The average molecular weight is 643 g/mol. The van der Waals surface area contributed by atoms with E-state index in [2.05, 4.69) is 206 Å². The predicted octanol–water partition coefficient (Wildman–Crippen LogP) is 13.5. The Morgan fingerprint density at radius 2 is 0.960 bits per heavy atom. The van der Waals surface area contributed by atoms with E-state index in [1.165, 1.54) is 60.7 Å². The van der Waals surface area contributed by atoms with Crippen LogP contribution in [0.15, 0.2) is 176 Å². The molecule has 1 aliphatic carbocycles. The highest BCUT2D eigenvalue weighted by Crippen LogP contribution is 2.56. The second kappa shape index (κ2) is 11.8. The Kier molecular flexibility index (Phi) is 7.07. The van der Waals surface area contributed by atoms with Crippen molar-refractivity contribution in [2.45, 2.75) is 26.2 Å². The first-order valence-electron chi connectivity index (χ1n) is 17.4. The molecule has 2 nitrogen and oxygen atoms in total. The lowest BCUT2D eigenvalue weighted by atomic mass is 9.81. The van der Waals surface area contributed by atoms with E-state index in [1.54, 1.807) is 0 Å². The lowest BCUT2D eigenvalue weighted by Gasteiger charge is -2.31. The molecule has 0 bridgehead atoms. The zero-order valence-corrected chi connectivity index (χ0v) is 28.6. The molecule has 0 unspecified atom stereocenters. The number of benzene rings is 8. The molecular formula is C48H38N2. The van der Waals surface area contributed by atoms with Crippen LogP contribution in [0, 0.1) is 6.92 Å². The molecular weight excluding hydrogens is 605 g/mol. The van der Waals surface area contributed by atoms with E-state index in [0.29, 0.717) is 0 Å². The van der Waals surface area contributed by atoms with Gasteiger partial charge in [0.05, 0.1) is 11.4 Å². The fourth-order valence-corrected chi connectivity index (χ4v) is 7.98.